The second-order valence-electron chi connectivity index (χ2n) is 5.90. The molecule has 29 heavy (non-hydrogen) atoms. The average Bonchev–Trinajstić information content (AvgIpc) is 3.45. The van der Waals surface area contributed by atoms with Crippen LogP contribution < -0.4 is 5.32 Å². The molecule has 13 heteroatoms. The minimum atomic E-state index is -0.816. The molecule has 3 heterocycles. The predicted molar refractivity (Wildman–Crippen MR) is 105 cm³/mol. The summed E-state index contributed by atoms with van der Waals surface area (Å²) in [5.74, 6) is -0.776. The highest BCUT2D eigenvalue weighted by atomic mass is 32.2. The van der Waals surface area contributed by atoms with Gasteiger partial charge in [0.05, 0.1) is 25.3 Å². The third-order valence-electron chi connectivity index (χ3n) is 4.06. The standard InChI is InChI=1S/C16H17N5O6S2/c1-27-8-2-13(23)21(4-8)16(25)11-7-29-15(20-11)9(5-22)19-14(24)10-6-28-12(18-10)3-17-26/h2-3,6,9,11,22,26H,4-5,7H2,1H3,(H,19,24)/b17-3-/t9-,11+/m0/s1. The second-order valence-corrected chi connectivity index (χ2v) is 7.83. The lowest BCUT2D eigenvalue weighted by Gasteiger charge is -2.17. The lowest BCUT2D eigenvalue weighted by atomic mass is 10.2. The van der Waals surface area contributed by atoms with Crippen molar-refractivity contribution in [1.82, 2.24) is 15.2 Å². The van der Waals surface area contributed by atoms with E-state index in [9.17, 15) is 19.5 Å². The van der Waals surface area contributed by atoms with E-state index in [-0.39, 0.29) is 12.2 Å². The number of ether oxygens (including phenoxy) is 1. The zero-order valence-electron chi connectivity index (χ0n) is 15.1. The van der Waals surface area contributed by atoms with E-state index in [2.05, 4.69) is 20.4 Å². The van der Waals surface area contributed by atoms with Crippen LogP contribution in [0.2, 0.25) is 0 Å². The molecule has 0 aliphatic carbocycles. The summed E-state index contributed by atoms with van der Waals surface area (Å²) in [4.78, 5) is 46.2. The van der Waals surface area contributed by atoms with Crippen molar-refractivity contribution in [2.75, 3.05) is 26.0 Å². The number of aliphatic hydroxyl groups is 1. The van der Waals surface area contributed by atoms with Crippen molar-refractivity contribution in [3.63, 3.8) is 0 Å². The van der Waals surface area contributed by atoms with Gasteiger partial charge in [0, 0.05) is 17.2 Å². The minimum absolute atomic E-state index is 0.0592. The maximum absolute atomic E-state index is 12.6. The molecule has 1 aromatic heterocycles. The molecule has 1 aromatic rings. The van der Waals surface area contributed by atoms with Crippen molar-refractivity contribution in [2.45, 2.75) is 12.1 Å². The van der Waals surface area contributed by atoms with Crippen LogP contribution in [0.1, 0.15) is 15.5 Å². The Morgan fingerprint density at radius 2 is 2.34 bits per heavy atom. The number of oxime groups is 1. The van der Waals surface area contributed by atoms with E-state index in [1.807, 2.05) is 0 Å². The number of nitrogens with zero attached hydrogens (tertiary/aromatic N) is 4. The fraction of sp³-hybridized carbons (Fsp3) is 0.375. The number of imide groups is 1. The first-order valence-corrected chi connectivity index (χ1v) is 10.2. The normalized spacial score (nSPS) is 20.0. The fourth-order valence-corrected chi connectivity index (χ4v) is 4.35. The summed E-state index contributed by atoms with van der Waals surface area (Å²) in [5.41, 5.74) is 0.0976. The van der Waals surface area contributed by atoms with Crippen molar-refractivity contribution < 1.29 is 29.4 Å². The number of thiazole rings is 1. The monoisotopic (exact) mass is 439 g/mol. The number of nitrogens with one attached hydrogen (secondary N) is 1. The van der Waals surface area contributed by atoms with E-state index >= 15 is 0 Å². The fourth-order valence-electron chi connectivity index (χ4n) is 2.61. The molecule has 2 aliphatic rings. The van der Waals surface area contributed by atoms with Crippen molar-refractivity contribution in [1.29, 1.82) is 0 Å². The van der Waals surface area contributed by atoms with Gasteiger partial charge < -0.3 is 20.4 Å². The van der Waals surface area contributed by atoms with Gasteiger partial charge >= 0.3 is 0 Å². The van der Waals surface area contributed by atoms with Crippen molar-refractivity contribution >= 4 is 52.1 Å². The number of hydrogen-bond donors (Lipinski definition) is 3. The van der Waals surface area contributed by atoms with Crippen LogP contribution in [0.4, 0.5) is 0 Å². The van der Waals surface area contributed by atoms with Crippen molar-refractivity contribution in [3.05, 3.63) is 27.9 Å². The number of amides is 3. The molecule has 3 rings (SSSR count). The molecule has 0 unspecified atom stereocenters. The van der Waals surface area contributed by atoms with Crippen LogP contribution in [-0.2, 0) is 14.3 Å². The van der Waals surface area contributed by atoms with Crippen LogP contribution in [0, 0.1) is 0 Å². The van der Waals surface area contributed by atoms with Gasteiger partial charge in [-0.15, -0.1) is 23.1 Å². The van der Waals surface area contributed by atoms with Gasteiger partial charge in [0.2, 0.25) is 0 Å². The molecule has 154 valence electrons. The number of carbonyl (C=O) groups is 3. The number of rotatable bonds is 7. The Morgan fingerprint density at radius 1 is 1.55 bits per heavy atom. The number of hydrogen-bond acceptors (Lipinski definition) is 11. The average molecular weight is 439 g/mol. The Balaban J connectivity index is 1.65. The molecular weight excluding hydrogens is 422 g/mol. The smallest absolute Gasteiger partial charge is 0.271 e. The van der Waals surface area contributed by atoms with E-state index in [0.29, 0.717) is 21.6 Å². The van der Waals surface area contributed by atoms with Crippen LogP contribution in [-0.4, -0.2) is 87.3 Å². The molecule has 3 amide bonds. The molecule has 0 saturated heterocycles. The maximum atomic E-state index is 12.6. The van der Waals surface area contributed by atoms with Gasteiger partial charge in [-0.1, -0.05) is 5.16 Å². The van der Waals surface area contributed by atoms with Gasteiger partial charge in [-0.25, -0.2) is 4.98 Å². The summed E-state index contributed by atoms with van der Waals surface area (Å²) in [6.45, 7) is -0.366. The third kappa shape index (κ3) is 4.63. The van der Waals surface area contributed by atoms with Gasteiger partial charge in [0.15, 0.2) is 0 Å². The largest absolute Gasteiger partial charge is 0.499 e. The van der Waals surface area contributed by atoms with Crippen LogP contribution in [0.25, 0.3) is 0 Å². The van der Waals surface area contributed by atoms with E-state index in [0.717, 1.165) is 22.5 Å². The highest BCUT2D eigenvalue weighted by molar-refractivity contribution is 8.14. The van der Waals surface area contributed by atoms with Gasteiger partial charge in [-0.3, -0.25) is 24.3 Å². The Bertz CT molecular complexity index is 911. The van der Waals surface area contributed by atoms with Crippen molar-refractivity contribution in [2.24, 2.45) is 10.1 Å². The maximum Gasteiger partial charge on any atom is 0.271 e. The lowest BCUT2D eigenvalue weighted by Crippen LogP contribution is -2.42. The molecule has 0 bridgehead atoms. The molecule has 0 fully saturated rings. The van der Waals surface area contributed by atoms with Crippen LogP contribution >= 0.6 is 23.1 Å². The second kappa shape index (κ2) is 9.15. The number of aliphatic imine (C=N–C) groups is 1. The minimum Gasteiger partial charge on any atom is -0.499 e. The number of methoxy groups -OCH3 is 1. The quantitative estimate of drug-likeness (QED) is 0.221. The molecule has 2 atom stereocenters. The highest BCUT2D eigenvalue weighted by Gasteiger charge is 2.37. The van der Waals surface area contributed by atoms with E-state index in [4.69, 9.17) is 9.94 Å². The van der Waals surface area contributed by atoms with Gasteiger partial charge in [-0.05, 0) is 0 Å². The molecule has 3 N–H and O–H groups in total. The topological polar surface area (TPSA) is 154 Å². The number of carbonyl (C=O) groups excluding carboxylic acids is 3. The number of thioether (sulfide) groups is 1. The zero-order chi connectivity index (χ0) is 21.0. The molecule has 0 spiro atoms. The number of aliphatic hydroxyl groups excluding tert-OH is 1. The lowest BCUT2D eigenvalue weighted by molar-refractivity contribution is -0.141. The molecular formula is C16H17N5O6S2. The Morgan fingerprint density at radius 3 is 3.00 bits per heavy atom. The Kier molecular flexibility index (Phi) is 6.61. The Labute approximate surface area is 173 Å². The van der Waals surface area contributed by atoms with Crippen LogP contribution in [0.3, 0.4) is 0 Å². The summed E-state index contributed by atoms with van der Waals surface area (Å²) in [7, 11) is 1.42. The molecule has 11 nitrogen and oxygen atoms in total. The molecule has 0 radical (unpaired) electrons. The summed E-state index contributed by atoms with van der Waals surface area (Å²) in [6.07, 6.45) is 2.35. The first-order valence-electron chi connectivity index (χ1n) is 8.32. The first kappa shape index (κ1) is 21.0. The molecule has 0 saturated carbocycles. The van der Waals surface area contributed by atoms with Crippen LogP contribution in [0.15, 0.2) is 27.4 Å². The molecule has 2 aliphatic heterocycles. The predicted octanol–water partition coefficient (Wildman–Crippen LogP) is -0.545. The summed E-state index contributed by atoms with van der Waals surface area (Å²) < 4.78 is 5.00. The van der Waals surface area contributed by atoms with Crippen molar-refractivity contribution in [3.8, 4) is 0 Å². The zero-order valence-corrected chi connectivity index (χ0v) is 16.8. The van der Waals surface area contributed by atoms with E-state index in [1.165, 1.54) is 30.3 Å². The van der Waals surface area contributed by atoms with Gasteiger partial charge in [0.1, 0.15) is 34.8 Å². The third-order valence-corrected chi connectivity index (χ3v) is 6.01. The van der Waals surface area contributed by atoms with Crippen LogP contribution in [0.5, 0.6) is 0 Å². The highest BCUT2D eigenvalue weighted by Crippen LogP contribution is 2.24. The first-order chi connectivity index (χ1) is 14.0. The summed E-state index contributed by atoms with van der Waals surface area (Å²) in [6, 6.07) is -1.61. The van der Waals surface area contributed by atoms with E-state index in [1.54, 1.807) is 0 Å². The molecule has 0 aromatic carbocycles. The summed E-state index contributed by atoms with van der Waals surface area (Å²) in [5, 5.41) is 25.8. The SMILES string of the molecule is COC1=CC(=O)N(C(=O)[C@H]2CSC([C@H](CO)NC(=O)c3csc(/C=N\O)n3)=N2)C1. The Hall–Kier alpha value is -2.77. The number of aromatic nitrogens is 1. The van der Waals surface area contributed by atoms with E-state index < -0.39 is 36.4 Å². The summed E-state index contributed by atoms with van der Waals surface area (Å²) >= 11 is 2.34. The van der Waals surface area contributed by atoms with Gasteiger partial charge in [0.25, 0.3) is 17.7 Å². The van der Waals surface area contributed by atoms with Gasteiger partial charge in [-0.2, -0.15) is 0 Å².